The smallest absolute Gasteiger partial charge is 0.272 e. The zero-order chi connectivity index (χ0) is 26.3. The predicted octanol–water partition coefficient (Wildman–Crippen LogP) is 5.18. The second-order valence-electron chi connectivity index (χ2n) is 9.43. The van der Waals surface area contributed by atoms with E-state index in [1.807, 2.05) is 48.5 Å². The fourth-order valence-corrected chi connectivity index (χ4v) is 4.60. The molecule has 4 aromatic rings. The van der Waals surface area contributed by atoms with Gasteiger partial charge in [-0.3, -0.25) is 4.79 Å². The van der Waals surface area contributed by atoms with E-state index in [-0.39, 0.29) is 18.6 Å². The van der Waals surface area contributed by atoms with E-state index < -0.39 is 0 Å². The second kappa shape index (κ2) is 11.9. The summed E-state index contributed by atoms with van der Waals surface area (Å²) in [6.07, 6.45) is 3.25. The van der Waals surface area contributed by atoms with Gasteiger partial charge in [0.05, 0.1) is 12.7 Å². The number of rotatable bonds is 9. The number of carbonyl (C=O) groups excluding carboxylic acids is 1. The van der Waals surface area contributed by atoms with Gasteiger partial charge in [-0.15, -0.1) is 0 Å². The molecule has 0 spiro atoms. The third-order valence-electron chi connectivity index (χ3n) is 6.71. The topological polar surface area (TPSA) is 102 Å². The first-order chi connectivity index (χ1) is 18.6. The minimum atomic E-state index is -0.215. The van der Waals surface area contributed by atoms with E-state index >= 15 is 0 Å². The van der Waals surface area contributed by atoms with Crippen LogP contribution in [0, 0.1) is 0 Å². The van der Waals surface area contributed by atoms with E-state index in [0.717, 1.165) is 48.7 Å². The van der Waals surface area contributed by atoms with Gasteiger partial charge in [0.2, 0.25) is 0 Å². The molecule has 0 saturated carbocycles. The molecule has 0 bridgehead atoms. The Hall–Kier alpha value is -4.27. The Morgan fingerprint density at radius 1 is 0.763 bits per heavy atom. The van der Waals surface area contributed by atoms with Crippen LogP contribution >= 0.6 is 0 Å². The van der Waals surface area contributed by atoms with Crippen molar-refractivity contribution in [3.05, 3.63) is 96.8 Å². The van der Waals surface area contributed by atoms with Gasteiger partial charge < -0.3 is 35.6 Å². The lowest BCUT2D eigenvalue weighted by molar-refractivity contribution is 0.101. The molecule has 1 fully saturated rings. The Kier molecular flexibility index (Phi) is 7.92. The lowest BCUT2D eigenvalue weighted by Crippen LogP contribution is -2.35. The van der Waals surface area contributed by atoms with Crippen molar-refractivity contribution in [1.82, 2.24) is 4.57 Å². The van der Waals surface area contributed by atoms with E-state index in [1.54, 1.807) is 22.9 Å². The highest BCUT2D eigenvalue weighted by atomic mass is 16.3. The maximum absolute atomic E-state index is 12.6. The number of amides is 1. The number of piperidine rings is 1. The molecule has 0 unspecified atom stereocenters. The maximum atomic E-state index is 12.6. The predicted molar refractivity (Wildman–Crippen MR) is 153 cm³/mol. The van der Waals surface area contributed by atoms with Crippen molar-refractivity contribution in [2.45, 2.75) is 25.5 Å². The van der Waals surface area contributed by atoms with Crippen LogP contribution in [0.1, 0.15) is 23.3 Å². The third-order valence-corrected chi connectivity index (χ3v) is 6.71. The fourth-order valence-electron chi connectivity index (χ4n) is 4.60. The normalized spacial score (nSPS) is 13.8. The molecule has 1 amide bonds. The van der Waals surface area contributed by atoms with Gasteiger partial charge in [0.1, 0.15) is 5.69 Å². The number of nitrogens with one attached hydrogen (secondary N) is 3. The van der Waals surface area contributed by atoms with Crippen molar-refractivity contribution in [3.63, 3.8) is 0 Å². The molecular weight excluding hydrogens is 478 g/mol. The van der Waals surface area contributed by atoms with Gasteiger partial charge in [-0.25, -0.2) is 0 Å². The minimum Gasteiger partial charge on any atom is -0.395 e. The molecule has 0 atom stereocenters. The van der Waals surface area contributed by atoms with E-state index in [0.29, 0.717) is 17.9 Å². The Labute approximate surface area is 222 Å². The summed E-state index contributed by atoms with van der Waals surface area (Å²) in [4.78, 5) is 14.9. The van der Waals surface area contributed by atoms with E-state index in [1.165, 1.54) is 5.69 Å². The monoisotopic (exact) mass is 511 g/mol. The SMILES string of the molecule is O=C(Nc1ccc(Nc2ccc(Nc3ccc(N4CCC(O)CC4)cc3)cc2)cc1)c1cccn1CCO. The van der Waals surface area contributed by atoms with Crippen molar-refractivity contribution in [1.29, 1.82) is 0 Å². The van der Waals surface area contributed by atoms with Crippen molar-refractivity contribution in [3.8, 4) is 0 Å². The molecule has 2 heterocycles. The molecule has 1 aliphatic heterocycles. The zero-order valence-corrected chi connectivity index (χ0v) is 21.2. The van der Waals surface area contributed by atoms with Crippen LogP contribution in [-0.4, -0.2) is 46.5 Å². The highest BCUT2D eigenvalue weighted by Crippen LogP contribution is 2.26. The summed E-state index contributed by atoms with van der Waals surface area (Å²) in [7, 11) is 0. The minimum absolute atomic E-state index is 0.0225. The number of hydrogen-bond donors (Lipinski definition) is 5. The van der Waals surface area contributed by atoms with Gasteiger partial charge in [-0.1, -0.05) is 0 Å². The molecule has 0 radical (unpaired) electrons. The van der Waals surface area contributed by atoms with Crippen LogP contribution in [0.2, 0.25) is 0 Å². The summed E-state index contributed by atoms with van der Waals surface area (Å²) in [6.45, 7) is 2.13. The summed E-state index contributed by atoms with van der Waals surface area (Å²) >= 11 is 0. The lowest BCUT2D eigenvalue weighted by Gasteiger charge is -2.31. The van der Waals surface area contributed by atoms with Gasteiger partial charge in [-0.05, 0) is 97.8 Å². The molecule has 0 aliphatic carbocycles. The molecule has 1 aliphatic rings. The summed E-state index contributed by atoms with van der Waals surface area (Å²) in [5.74, 6) is -0.215. The maximum Gasteiger partial charge on any atom is 0.272 e. The van der Waals surface area contributed by atoms with Crippen LogP contribution in [0.4, 0.5) is 34.1 Å². The van der Waals surface area contributed by atoms with E-state index in [4.69, 9.17) is 5.11 Å². The van der Waals surface area contributed by atoms with Gasteiger partial charge in [0, 0.05) is 60.0 Å². The van der Waals surface area contributed by atoms with Crippen LogP contribution in [0.25, 0.3) is 0 Å². The first-order valence-corrected chi connectivity index (χ1v) is 12.9. The summed E-state index contributed by atoms with van der Waals surface area (Å²) in [6, 6.07) is 27.5. The van der Waals surface area contributed by atoms with Gasteiger partial charge >= 0.3 is 0 Å². The second-order valence-corrected chi connectivity index (χ2v) is 9.43. The number of anilines is 6. The molecule has 196 valence electrons. The largest absolute Gasteiger partial charge is 0.395 e. The van der Waals surface area contributed by atoms with Gasteiger partial charge in [0.25, 0.3) is 5.91 Å². The summed E-state index contributed by atoms with van der Waals surface area (Å²) < 4.78 is 1.72. The fraction of sp³-hybridized carbons (Fsp3) is 0.233. The quantitative estimate of drug-likeness (QED) is 0.212. The van der Waals surface area contributed by atoms with Crippen LogP contribution < -0.4 is 20.9 Å². The number of carbonyl (C=O) groups is 1. The van der Waals surface area contributed by atoms with Gasteiger partial charge in [0.15, 0.2) is 0 Å². The van der Waals surface area contributed by atoms with Crippen molar-refractivity contribution in [2.24, 2.45) is 0 Å². The first-order valence-electron chi connectivity index (χ1n) is 12.9. The van der Waals surface area contributed by atoms with Crippen LogP contribution in [0.3, 0.4) is 0 Å². The number of benzene rings is 3. The molecule has 1 aromatic heterocycles. The van der Waals surface area contributed by atoms with Crippen LogP contribution in [0.15, 0.2) is 91.1 Å². The number of aliphatic hydroxyl groups excluding tert-OH is 2. The highest BCUT2D eigenvalue weighted by Gasteiger charge is 2.17. The van der Waals surface area contributed by atoms with Crippen LogP contribution in [0.5, 0.6) is 0 Å². The number of aliphatic hydroxyl groups is 2. The number of hydrogen-bond acceptors (Lipinski definition) is 6. The molecular formula is C30H33N5O3. The lowest BCUT2D eigenvalue weighted by atomic mass is 10.1. The average molecular weight is 512 g/mol. The standard InChI is InChI=1S/C30H33N5O3/c36-21-20-35-17-1-2-29(35)30(38)33-26-9-7-24(8-10-26)31-22-3-5-23(6-4-22)32-25-11-13-27(14-12-25)34-18-15-28(37)16-19-34/h1-14,17,28,31-32,36-37H,15-16,18-21H2,(H,33,38). The van der Waals surface area contributed by atoms with Crippen molar-refractivity contribution in [2.75, 3.05) is 40.5 Å². The first kappa shape index (κ1) is 25.4. The summed E-state index contributed by atoms with van der Waals surface area (Å²) in [5, 5.41) is 28.6. The van der Waals surface area contributed by atoms with E-state index in [9.17, 15) is 9.90 Å². The Balaban J connectivity index is 1.13. The Morgan fingerprint density at radius 2 is 1.26 bits per heavy atom. The molecule has 1 saturated heterocycles. The Bertz CT molecular complexity index is 1330. The third kappa shape index (κ3) is 6.34. The van der Waals surface area contributed by atoms with Crippen LogP contribution in [-0.2, 0) is 6.54 Å². The van der Waals surface area contributed by atoms with Crippen molar-refractivity contribution >= 4 is 40.0 Å². The number of nitrogens with zero attached hydrogens (tertiary/aromatic N) is 2. The molecule has 5 N–H and O–H groups in total. The molecule has 8 nitrogen and oxygen atoms in total. The molecule has 38 heavy (non-hydrogen) atoms. The highest BCUT2D eigenvalue weighted by molar-refractivity contribution is 6.03. The summed E-state index contributed by atoms with van der Waals surface area (Å²) in [5.41, 5.74) is 6.27. The molecule has 8 heteroatoms. The molecule has 5 rings (SSSR count). The zero-order valence-electron chi connectivity index (χ0n) is 21.2. The Morgan fingerprint density at radius 3 is 1.79 bits per heavy atom. The number of aromatic nitrogens is 1. The molecule has 3 aromatic carbocycles. The van der Waals surface area contributed by atoms with Gasteiger partial charge in [-0.2, -0.15) is 0 Å². The van der Waals surface area contributed by atoms with Crippen molar-refractivity contribution < 1.29 is 15.0 Å². The van der Waals surface area contributed by atoms with E-state index in [2.05, 4.69) is 45.1 Å². The average Bonchev–Trinajstić information content (AvgIpc) is 3.41.